The Morgan fingerprint density at radius 3 is 1.83 bits per heavy atom. The molecule has 0 aromatic heterocycles. The van der Waals surface area contributed by atoms with Crippen LogP contribution in [0.2, 0.25) is 0 Å². The van der Waals surface area contributed by atoms with Gasteiger partial charge < -0.3 is 24.3 Å². The highest BCUT2D eigenvalue weighted by atomic mass is 16.7. The Labute approximate surface area is 216 Å². The lowest BCUT2D eigenvalue weighted by Gasteiger charge is -2.38. The van der Waals surface area contributed by atoms with Gasteiger partial charge in [0, 0.05) is 26.1 Å². The highest BCUT2D eigenvalue weighted by Gasteiger charge is 2.52. The standard InChI is InChI=1S/C30H43NO5/c1-28(2,3)27(32)31-24(20-15-11-10-12-16-20)22-18-14-13-17-21(22)19-23-35-25(29(4,5)33-8)26(36-23)30(6,7)34-9/h10-18,23-26H,19H2,1-9H3,(H,31,32)/t24-,25-,26-/m1/s1. The summed E-state index contributed by atoms with van der Waals surface area (Å²) in [6, 6.07) is 17.9. The predicted octanol–water partition coefficient (Wildman–Crippen LogP) is 5.44. The molecule has 0 aliphatic carbocycles. The molecule has 1 amide bonds. The number of hydrogen-bond donors (Lipinski definition) is 1. The number of rotatable bonds is 9. The van der Waals surface area contributed by atoms with Gasteiger partial charge in [0.2, 0.25) is 5.91 Å². The van der Waals surface area contributed by atoms with E-state index in [9.17, 15) is 4.79 Å². The largest absolute Gasteiger partial charge is 0.376 e. The molecule has 3 rings (SSSR count). The molecule has 0 saturated carbocycles. The average molecular weight is 498 g/mol. The van der Waals surface area contributed by atoms with Crippen LogP contribution in [0.3, 0.4) is 0 Å². The minimum atomic E-state index is -0.567. The van der Waals surface area contributed by atoms with Gasteiger partial charge in [-0.05, 0) is 44.4 Å². The van der Waals surface area contributed by atoms with E-state index >= 15 is 0 Å². The third-order valence-corrected chi connectivity index (χ3v) is 7.14. The molecule has 1 N–H and O–H groups in total. The van der Waals surface area contributed by atoms with Crippen molar-refractivity contribution in [3.05, 3.63) is 71.3 Å². The molecule has 1 aliphatic rings. The van der Waals surface area contributed by atoms with Crippen LogP contribution < -0.4 is 5.32 Å². The Bertz CT molecular complexity index is 987. The zero-order valence-electron chi connectivity index (χ0n) is 23.3. The Morgan fingerprint density at radius 2 is 1.33 bits per heavy atom. The molecule has 6 heteroatoms. The second-order valence-electron chi connectivity index (χ2n) is 11.6. The zero-order valence-corrected chi connectivity index (χ0v) is 23.3. The van der Waals surface area contributed by atoms with Gasteiger partial charge in [-0.15, -0.1) is 0 Å². The number of amides is 1. The Hall–Kier alpha value is -2.25. The summed E-state index contributed by atoms with van der Waals surface area (Å²) >= 11 is 0. The van der Waals surface area contributed by atoms with Crippen molar-refractivity contribution in [1.29, 1.82) is 0 Å². The van der Waals surface area contributed by atoms with Gasteiger partial charge in [-0.25, -0.2) is 0 Å². The molecule has 3 atom stereocenters. The summed E-state index contributed by atoms with van der Waals surface area (Å²) in [7, 11) is 3.37. The van der Waals surface area contributed by atoms with Crippen LogP contribution in [-0.4, -0.2) is 49.8 Å². The van der Waals surface area contributed by atoms with Crippen molar-refractivity contribution in [3.63, 3.8) is 0 Å². The van der Waals surface area contributed by atoms with Crippen molar-refractivity contribution in [2.24, 2.45) is 5.41 Å². The Kier molecular flexibility index (Phi) is 8.67. The Balaban J connectivity index is 1.95. The third-order valence-electron chi connectivity index (χ3n) is 7.14. The lowest BCUT2D eigenvalue weighted by molar-refractivity contribution is -0.132. The fourth-order valence-corrected chi connectivity index (χ4v) is 4.40. The van der Waals surface area contributed by atoms with Crippen LogP contribution in [0.4, 0.5) is 0 Å². The first-order chi connectivity index (χ1) is 16.8. The van der Waals surface area contributed by atoms with E-state index in [0.717, 1.165) is 16.7 Å². The Morgan fingerprint density at radius 1 is 0.833 bits per heavy atom. The van der Waals surface area contributed by atoms with Crippen LogP contribution in [-0.2, 0) is 30.2 Å². The molecule has 1 aliphatic heterocycles. The zero-order chi connectivity index (χ0) is 26.7. The van der Waals surface area contributed by atoms with E-state index in [2.05, 4.69) is 17.4 Å². The van der Waals surface area contributed by atoms with E-state index in [0.29, 0.717) is 6.42 Å². The van der Waals surface area contributed by atoms with Gasteiger partial charge in [-0.2, -0.15) is 0 Å². The second kappa shape index (κ2) is 11.0. The van der Waals surface area contributed by atoms with Crippen molar-refractivity contribution in [1.82, 2.24) is 5.32 Å². The van der Waals surface area contributed by atoms with Crippen molar-refractivity contribution in [2.75, 3.05) is 14.2 Å². The van der Waals surface area contributed by atoms with Crippen molar-refractivity contribution in [3.8, 4) is 0 Å². The monoisotopic (exact) mass is 497 g/mol. The molecule has 0 spiro atoms. The fourth-order valence-electron chi connectivity index (χ4n) is 4.40. The van der Waals surface area contributed by atoms with Crippen LogP contribution in [0.15, 0.2) is 54.6 Å². The van der Waals surface area contributed by atoms with Crippen LogP contribution in [0, 0.1) is 5.41 Å². The first-order valence-corrected chi connectivity index (χ1v) is 12.6. The molecule has 2 aromatic rings. The molecule has 1 saturated heterocycles. The van der Waals surface area contributed by atoms with Gasteiger partial charge in [0.15, 0.2) is 6.29 Å². The lowest BCUT2D eigenvalue weighted by Crippen LogP contribution is -2.53. The first kappa shape index (κ1) is 28.3. The number of ether oxygens (including phenoxy) is 4. The average Bonchev–Trinajstić information content (AvgIpc) is 3.28. The van der Waals surface area contributed by atoms with E-state index in [1.807, 2.05) is 90.9 Å². The normalized spacial score (nSPS) is 20.4. The summed E-state index contributed by atoms with van der Waals surface area (Å²) in [6.45, 7) is 13.8. The number of benzene rings is 2. The first-order valence-electron chi connectivity index (χ1n) is 12.6. The van der Waals surface area contributed by atoms with Crippen LogP contribution in [0.5, 0.6) is 0 Å². The molecule has 36 heavy (non-hydrogen) atoms. The van der Waals surface area contributed by atoms with Gasteiger partial charge in [-0.3, -0.25) is 4.79 Å². The van der Waals surface area contributed by atoms with E-state index < -0.39 is 22.9 Å². The number of carbonyl (C=O) groups is 1. The molecular weight excluding hydrogens is 454 g/mol. The summed E-state index contributed by atoms with van der Waals surface area (Å²) in [6.07, 6.45) is -0.600. The quantitative estimate of drug-likeness (QED) is 0.500. The highest BCUT2D eigenvalue weighted by Crippen LogP contribution is 2.38. The number of hydrogen-bond acceptors (Lipinski definition) is 5. The number of nitrogens with one attached hydrogen (secondary N) is 1. The summed E-state index contributed by atoms with van der Waals surface area (Å²) in [5.41, 5.74) is 1.44. The SMILES string of the molecule is COC(C)(C)[C@@H]1OC(Cc2ccccc2[C@H](NC(=O)C(C)(C)C)c2ccccc2)O[C@H]1C(C)(C)OC. The van der Waals surface area contributed by atoms with Gasteiger partial charge in [0.1, 0.15) is 12.2 Å². The number of carbonyl (C=O) groups excluding carboxylic acids is 1. The van der Waals surface area contributed by atoms with Crippen molar-refractivity contribution < 1.29 is 23.7 Å². The molecule has 0 radical (unpaired) electrons. The summed E-state index contributed by atoms with van der Waals surface area (Å²) in [5.74, 6) is -0.0108. The maximum absolute atomic E-state index is 13.1. The molecule has 0 unspecified atom stereocenters. The van der Waals surface area contributed by atoms with E-state index in [1.54, 1.807) is 14.2 Å². The molecule has 198 valence electrons. The van der Waals surface area contributed by atoms with Crippen molar-refractivity contribution in [2.45, 2.75) is 90.6 Å². The highest BCUT2D eigenvalue weighted by molar-refractivity contribution is 5.82. The smallest absolute Gasteiger partial charge is 0.226 e. The second-order valence-corrected chi connectivity index (χ2v) is 11.6. The van der Waals surface area contributed by atoms with Crippen LogP contribution >= 0.6 is 0 Å². The summed E-state index contributed by atoms with van der Waals surface area (Å²) < 4.78 is 24.5. The van der Waals surface area contributed by atoms with Crippen molar-refractivity contribution >= 4 is 5.91 Å². The minimum Gasteiger partial charge on any atom is -0.376 e. The molecule has 2 aromatic carbocycles. The summed E-state index contributed by atoms with van der Waals surface area (Å²) in [5, 5.41) is 3.28. The lowest BCUT2D eigenvalue weighted by atomic mass is 9.87. The van der Waals surface area contributed by atoms with E-state index in [4.69, 9.17) is 18.9 Å². The van der Waals surface area contributed by atoms with Gasteiger partial charge in [0.05, 0.1) is 17.2 Å². The molecule has 1 heterocycles. The molecule has 1 fully saturated rings. The molecule has 0 bridgehead atoms. The molecule has 6 nitrogen and oxygen atoms in total. The minimum absolute atomic E-state index is 0.0108. The topological polar surface area (TPSA) is 66.0 Å². The molecular formula is C30H43NO5. The maximum atomic E-state index is 13.1. The van der Waals surface area contributed by atoms with Gasteiger partial charge >= 0.3 is 0 Å². The van der Waals surface area contributed by atoms with Crippen LogP contribution in [0.1, 0.15) is 71.2 Å². The van der Waals surface area contributed by atoms with Crippen LogP contribution in [0.25, 0.3) is 0 Å². The fraction of sp³-hybridized carbons (Fsp3) is 0.567. The maximum Gasteiger partial charge on any atom is 0.226 e. The predicted molar refractivity (Wildman–Crippen MR) is 142 cm³/mol. The van der Waals surface area contributed by atoms with Gasteiger partial charge in [-0.1, -0.05) is 75.4 Å². The van der Waals surface area contributed by atoms with Gasteiger partial charge in [0.25, 0.3) is 0 Å². The van der Waals surface area contributed by atoms with E-state index in [-0.39, 0.29) is 24.2 Å². The van der Waals surface area contributed by atoms with E-state index in [1.165, 1.54) is 0 Å². The summed E-state index contributed by atoms with van der Waals surface area (Å²) in [4.78, 5) is 13.1. The third kappa shape index (κ3) is 6.35. The number of methoxy groups -OCH3 is 2.